The molecule has 19 heavy (non-hydrogen) atoms. The molecule has 0 saturated heterocycles. The Morgan fingerprint density at radius 1 is 1.16 bits per heavy atom. The molecule has 0 amide bonds. The van der Waals surface area contributed by atoms with Crippen molar-refractivity contribution in [3.8, 4) is 0 Å². The van der Waals surface area contributed by atoms with Crippen molar-refractivity contribution in [1.29, 1.82) is 0 Å². The lowest BCUT2D eigenvalue weighted by Crippen LogP contribution is -2.52. The van der Waals surface area contributed by atoms with Crippen molar-refractivity contribution in [3.05, 3.63) is 5.82 Å². The average Bonchev–Trinajstić information content (AvgIpc) is 2.24. The molecular formula is C11H20F2N6. The van der Waals surface area contributed by atoms with Crippen LogP contribution in [-0.2, 0) is 6.54 Å². The van der Waals surface area contributed by atoms with Crippen LogP contribution in [0.4, 0.5) is 20.7 Å². The zero-order chi connectivity index (χ0) is 14.8. The van der Waals surface area contributed by atoms with Crippen LogP contribution >= 0.6 is 0 Å². The third-order valence-electron chi connectivity index (χ3n) is 2.87. The summed E-state index contributed by atoms with van der Waals surface area (Å²) in [5, 5.41) is 2.73. The van der Waals surface area contributed by atoms with Crippen LogP contribution in [0.5, 0.6) is 0 Å². The molecule has 1 aromatic rings. The second-order valence-electron chi connectivity index (χ2n) is 5.17. The number of nitrogen functional groups attached to an aromatic ring is 1. The molecule has 108 valence electrons. The Morgan fingerprint density at radius 3 is 2.21 bits per heavy atom. The molecule has 0 aliphatic carbocycles. The third kappa shape index (κ3) is 3.95. The van der Waals surface area contributed by atoms with Crippen LogP contribution in [0, 0.1) is 0 Å². The largest absolute Gasteiger partial charge is 0.368 e. The standard InChI is InChI=1S/C11H20F2N6/c1-10(2,11(3,12)13)15-6-7-16-8(14)18-9(17-7)19(4)5/h15H,6H2,1-5H3,(H2,14,16,17,18). The molecule has 1 aromatic heterocycles. The number of alkyl halides is 2. The van der Waals surface area contributed by atoms with Crippen LogP contribution in [0.25, 0.3) is 0 Å². The van der Waals surface area contributed by atoms with Gasteiger partial charge in [0.1, 0.15) is 5.82 Å². The lowest BCUT2D eigenvalue weighted by Gasteiger charge is -2.32. The van der Waals surface area contributed by atoms with E-state index in [1.807, 2.05) is 0 Å². The molecule has 1 heterocycles. The number of aromatic nitrogens is 3. The van der Waals surface area contributed by atoms with Crippen molar-refractivity contribution in [3.63, 3.8) is 0 Å². The fourth-order valence-electron chi connectivity index (χ4n) is 1.16. The predicted octanol–water partition coefficient (Wildman–Crippen LogP) is 1.04. The van der Waals surface area contributed by atoms with Gasteiger partial charge in [-0.25, -0.2) is 8.78 Å². The molecule has 0 aliphatic rings. The summed E-state index contributed by atoms with van der Waals surface area (Å²) in [6, 6.07) is 0. The Balaban J connectivity index is 2.84. The second kappa shape index (κ2) is 5.20. The quantitative estimate of drug-likeness (QED) is 0.835. The Labute approximate surface area is 111 Å². The van der Waals surface area contributed by atoms with Crippen LogP contribution < -0.4 is 16.0 Å². The minimum atomic E-state index is -2.87. The zero-order valence-corrected chi connectivity index (χ0v) is 11.8. The highest BCUT2D eigenvalue weighted by molar-refractivity contribution is 5.32. The fraction of sp³-hybridized carbons (Fsp3) is 0.727. The smallest absolute Gasteiger partial charge is 0.262 e. The van der Waals surface area contributed by atoms with Crippen molar-refractivity contribution >= 4 is 11.9 Å². The van der Waals surface area contributed by atoms with Gasteiger partial charge < -0.3 is 10.6 Å². The molecule has 3 N–H and O–H groups in total. The molecule has 0 unspecified atom stereocenters. The summed E-state index contributed by atoms with van der Waals surface area (Å²) in [4.78, 5) is 13.7. The van der Waals surface area contributed by atoms with Gasteiger partial charge in [-0.05, 0) is 13.8 Å². The second-order valence-corrected chi connectivity index (χ2v) is 5.17. The van der Waals surface area contributed by atoms with Crippen LogP contribution in [0.15, 0.2) is 0 Å². The number of nitrogens with zero attached hydrogens (tertiary/aromatic N) is 4. The van der Waals surface area contributed by atoms with E-state index in [0.29, 0.717) is 11.8 Å². The van der Waals surface area contributed by atoms with Crippen LogP contribution in [0.2, 0.25) is 0 Å². The lowest BCUT2D eigenvalue weighted by molar-refractivity contribution is -0.0592. The first-order valence-electron chi connectivity index (χ1n) is 5.83. The molecular weight excluding hydrogens is 254 g/mol. The van der Waals surface area contributed by atoms with E-state index in [0.717, 1.165) is 6.92 Å². The molecule has 0 aromatic carbocycles. The maximum absolute atomic E-state index is 13.3. The Morgan fingerprint density at radius 2 is 1.74 bits per heavy atom. The van der Waals surface area contributed by atoms with E-state index >= 15 is 0 Å². The van der Waals surface area contributed by atoms with Gasteiger partial charge >= 0.3 is 0 Å². The summed E-state index contributed by atoms with van der Waals surface area (Å²) in [6.07, 6.45) is 0. The highest BCUT2D eigenvalue weighted by Crippen LogP contribution is 2.27. The van der Waals surface area contributed by atoms with Gasteiger partial charge in [0, 0.05) is 21.0 Å². The van der Waals surface area contributed by atoms with E-state index in [-0.39, 0.29) is 12.5 Å². The first kappa shape index (κ1) is 15.5. The van der Waals surface area contributed by atoms with E-state index in [1.54, 1.807) is 19.0 Å². The minimum Gasteiger partial charge on any atom is -0.368 e. The van der Waals surface area contributed by atoms with Gasteiger partial charge in [-0.15, -0.1) is 0 Å². The van der Waals surface area contributed by atoms with Gasteiger partial charge in [0.05, 0.1) is 12.1 Å². The van der Waals surface area contributed by atoms with Crippen molar-refractivity contribution in [2.24, 2.45) is 0 Å². The third-order valence-corrected chi connectivity index (χ3v) is 2.87. The fourth-order valence-corrected chi connectivity index (χ4v) is 1.16. The van der Waals surface area contributed by atoms with Crippen molar-refractivity contribution in [2.75, 3.05) is 24.7 Å². The number of rotatable bonds is 5. The Bertz CT molecular complexity index is 441. The van der Waals surface area contributed by atoms with Crippen molar-refractivity contribution < 1.29 is 8.78 Å². The predicted molar refractivity (Wildman–Crippen MR) is 70.1 cm³/mol. The number of hydrogen-bond acceptors (Lipinski definition) is 6. The summed E-state index contributed by atoms with van der Waals surface area (Å²) < 4.78 is 26.7. The van der Waals surface area contributed by atoms with E-state index in [9.17, 15) is 8.78 Å². The number of halogens is 2. The van der Waals surface area contributed by atoms with E-state index < -0.39 is 11.5 Å². The molecule has 0 saturated carbocycles. The van der Waals surface area contributed by atoms with Gasteiger partial charge in [-0.1, -0.05) is 0 Å². The van der Waals surface area contributed by atoms with Gasteiger partial charge in [0.25, 0.3) is 5.92 Å². The van der Waals surface area contributed by atoms with Crippen molar-refractivity contribution in [1.82, 2.24) is 20.3 Å². The number of nitrogens with one attached hydrogen (secondary N) is 1. The lowest BCUT2D eigenvalue weighted by atomic mass is 9.98. The highest BCUT2D eigenvalue weighted by Gasteiger charge is 2.41. The molecule has 0 aliphatic heterocycles. The van der Waals surface area contributed by atoms with Gasteiger partial charge in [0.15, 0.2) is 0 Å². The number of nitrogens with two attached hydrogens (primary N) is 1. The summed E-state index contributed by atoms with van der Waals surface area (Å²) in [5.41, 5.74) is 4.19. The molecule has 0 radical (unpaired) electrons. The number of hydrogen-bond donors (Lipinski definition) is 2. The molecule has 0 atom stereocenters. The SMILES string of the molecule is CN(C)c1nc(N)nc(CNC(C)(C)C(C)(F)F)n1. The first-order chi connectivity index (χ1) is 8.53. The molecule has 0 bridgehead atoms. The van der Waals surface area contributed by atoms with Gasteiger partial charge in [0.2, 0.25) is 11.9 Å². The maximum Gasteiger partial charge on any atom is 0.262 e. The van der Waals surface area contributed by atoms with Gasteiger partial charge in [-0.3, -0.25) is 5.32 Å². The average molecular weight is 274 g/mol. The molecule has 6 nitrogen and oxygen atoms in total. The topological polar surface area (TPSA) is 80.0 Å². The summed E-state index contributed by atoms with van der Waals surface area (Å²) in [7, 11) is 3.52. The molecule has 0 fully saturated rings. The summed E-state index contributed by atoms with van der Waals surface area (Å²) >= 11 is 0. The molecule has 8 heteroatoms. The minimum absolute atomic E-state index is 0.0663. The summed E-state index contributed by atoms with van der Waals surface area (Å²) in [6.45, 7) is 3.80. The maximum atomic E-state index is 13.3. The monoisotopic (exact) mass is 274 g/mol. The van der Waals surface area contributed by atoms with Crippen LogP contribution in [-0.4, -0.2) is 40.5 Å². The van der Waals surface area contributed by atoms with Crippen LogP contribution in [0.1, 0.15) is 26.6 Å². The van der Waals surface area contributed by atoms with Gasteiger partial charge in [-0.2, -0.15) is 15.0 Å². The van der Waals surface area contributed by atoms with E-state index in [1.165, 1.54) is 13.8 Å². The Hall–Kier alpha value is -1.57. The van der Waals surface area contributed by atoms with E-state index in [2.05, 4.69) is 20.3 Å². The Kier molecular flexibility index (Phi) is 4.24. The van der Waals surface area contributed by atoms with E-state index in [4.69, 9.17) is 5.73 Å². The molecule has 1 rings (SSSR count). The summed E-state index contributed by atoms with van der Waals surface area (Å²) in [5.74, 6) is -2.08. The zero-order valence-electron chi connectivity index (χ0n) is 11.8. The normalized spacial score (nSPS) is 12.6. The first-order valence-corrected chi connectivity index (χ1v) is 5.83. The van der Waals surface area contributed by atoms with Crippen molar-refractivity contribution in [2.45, 2.75) is 38.8 Å². The molecule has 0 spiro atoms. The highest BCUT2D eigenvalue weighted by atomic mass is 19.3. The van der Waals surface area contributed by atoms with Crippen LogP contribution in [0.3, 0.4) is 0 Å². The number of anilines is 2.